The fraction of sp³-hybridized carbons (Fsp3) is 0.160. The molecular formula is C25H21Br. The summed E-state index contributed by atoms with van der Waals surface area (Å²) in [6, 6.07) is 29.9. The van der Waals surface area contributed by atoms with Crippen molar-refractivity contribution in [2.24, 2.45) is 5.92 Å². The Morgan fingerprint density at radius 2 is 1.31 bits per heavy atom. The molecule has 26 heavy (non-hydrogen) atoms. The van der Waals surface area contributed by atoms with Gasteiger partial charge in [-0.2, -0.15) is 0 Å². The largest absolute Gasteiger partial charge is 0.111 e. The van der Waals surface area contributed by atoms with E-state index in [1.54, 1.807) is 0 Å². The lowest BCUT2D eigenvalue weighted by Gasteiger charge is -2.09. The average molecular weight is 401 g/mol. The molecule has 3 aromatic rings. The molecule has 4 rings (SSSR count). The van der Waals surface area contributed by atoms with E-state index in [1.807, 2.05) is 0 Å². The third-order valence-electron chi connectivity index (χ3n) is 5.60. The van der Waals surface area contributed by atoms with Gasteiger partial charge in [-0.25, -0.2) is 0 Å². The zero-order chi connectivity index (χ0) is 18.1. The minimum atomic E-state index is 0.0650. The first-order valence-electron chi connectivity index (χ1n) is 8.99. The molecule has 0 spiro atoms. The third-order valence-corrected chi connectivity index (χ3v) is 6.13. The molecular weight excluding hydrogens is 380 g/mol. The molecule has 0 radical (unpaired) electrons. The lowest BCUT2D eigenvalue weighted by molar-refractivity contribution is 0.706. The van der Waals surface area contributed by atoms with E-state index in [2.05, 4.69) is 120 Å². The highest BCUT2D eigenvalue weighted by Gasteiger charge is 2.54. The van der Waals surface area contributed by atoms with Crippen LogP contribution in [0.2, 0.25) is 0 Å². The first-order chi connectivity index (χ1) is 12.6. The van der Waals surface area contributed by atoms with Crippen LogP contribution in [0.15, 0.2) is 101 Å². The second-order valence-electron chi connectivity index (χ2n) is 7.08. The summed E-state index contributed by atoms with van der Waals surface area (Å²) >= 11 is 3.54. The quantitative estimate of drug-likeness (QED) is 0.414. The summed E-state index contributed by atoms with van der Waals surface area (Å²) < 4.78 is 1.12. The van der Waals surface area contributed by atoms with Crippen molar-refractivity contribution in [2.45, 2.75) is 19.3 Å². The summed E-state index contributed by atoms with van der Waals surface area (Å²) in [5.41, 5.74) is 10.2. The second-order valence-corrected chi connectivity index (χ2v) is 7.99. The van der Waals surface area contributed by atoms with E-state index < -0.39 is 0 Å². The summed E-state index contributed by atoms with van der Waals surface area (Å²) in [6.45, 7) is 4.63. The van der Waals surface area contributed by atoms with E-state index in [4.69, 9.17) is 0 Å². The number of benzene rings is 3. The Balaban J connectivity index is 1.88. The molecule has 0 aliphatic heterocycles. The Kier molecular flexibility index (Phi) is 4.44. The smallest absolute Gasteiger partial charge is 0.0309 e. The maximum Gasteiger partial charge on any atom is 0.0309 e. The predicted octanol–water partition coefficient (Wildman–Crippen LogP) is 7.01. The van der Waals surface area contributed by atoms with E-state index in [0.717, 1.165) is 4.47 Å². The number of allylic oxidation sites excluding steroid dienone is 1. The van der Waals surface area contributed by atoms with E-state index in [9.17, 15) is 0 Å². The minimum absolute atomic E-state index is 0.0650. The molecule has 3 aromatic carbocycles. The first-order valence-corrected chi connectivity index (χ1v) is 9.78. The van der Waals surface area contributed by atoms with Crippen molar-refractivity contribution in [3.05, 3.63) is 117 Å². The van der Waals surface area contributed by atoms with Gasteiger partial charge in [0.2, 0.25) is 0 Å². The van der Waals surface area contributed by atoms with Gasteiger partial charge in [-0.05, 0) is 40.3 Å². The van der Waals surface area contributed by atoms with E-state index >= 15 is 0 Å². The Morgan fingerprint density at radius 1 is 0.808 bits per heavy atom. The van der Waals surface area contributed by atoms with Crippen LogP contribution in [0.5, 0.6) is 0 Å². The van der Waals surface area contributed by atoms with E-state index in [-0.39, 0.29) is 5.41 Å². The second kappa shape index (κ2) is 6.76. The summed E-state index contributed by atoms with van der Waals surface area (Å²) in [6.07, 6.45) is 0. The van der Waals surface area contributed by atoms with Crippen molar-refractivity contribution in [3.8, 4) is 0 Å². The van der Waals surface area contributed by atoms with Gasteiger partial charge < -0.3 is 0 Å². The van der Waals surface area contributed by atoms with Gasteiger partial charge in [-0.15, -0.1) is 5.73 Å². The molecule has 1 heteroatoms. The number of hydrogen-bond donors (Lipinski definition) is 0. The first kappa shape index (κ1) is 17.1. The molecule has 0 N–H and O–H groups in total. The predicted molar refractivity (Wildman–Crippen MR) is 113 cm³/mol. The van der Waals surface area contributed by atoms with Crippen LogP contribution in [-0.4, -0.2) is 0 Å². The highest BCUT2D eigenvalue weighted by molar-refractivity contribution is 9.10. The lowest BCUT2D eigenvalue weighted by atomic mass is 9.94. The number of rotatable bonds is 3. The summed E-state index contributed by atoms with van der Waals surface area (Å²) in [5, 5.41) is 0. The molecule has 0 unspecified atom stereocenters. The lowest BCUT2D eigenvalue weighted by Crippen LogP contribution is -2.02. The fourth-order valence-electron chi connectivity index (χ4n) is 3.72. The fourth-order valence-corrected chi connectivity index (χ4v) is 3.98. The van der Waals surface area contributed by atoms with Gasteiger partial charge in [-0.1, -0.05) is 103 Å². The van der Waals surface area contributed by atoms with Crippen molar-refractivity contribution < 1.29 is 0 Å². The zero-order valence-electron chi connectivity index (χ0n) is 15.0. The van der Waals surface area contributed by atoms with Crippen LogP contribution >= 0.6 is 15.9 Å². The molecule has 1 aliphatic carbocycles. The van der Waals surface area contributed by atoms with E-state index in [1.165, 1.54) is 27.8 Å². The van der Waals surface area contributed by atoms with Crippen molar-refractivity contribution in [1.82, 2.24) is 0 Å². The Bertz CT molecular complexity index is 936. The van der Waals surface area contributed by atoms with Crippen LogP contribution in [-0.2, 0) is 5.41 Å². The minimum Gasteiger partial charge on any atom is -0.111 e. The molecule has 0 amide bonds. The van der Waals surface area contributed by atoms with Gasteiger partial charge in [0.1, 0.15) is 0 Å². The van der Waals surface area contributed by atoms with Gasteiger partial charge in [0.25, 0.3) is 0 Å². The van der Waals surface area contributed by atoms with Crippen molar-refractivity contribution in [1.29, 1.82) is 0 Å². The normalized spacial score (nSPS) is 21.2. The Morgan fingerprint density at radius 3 is 1.81 bits per heavy atom. The van der Waals surface area contributed by atoms with Crippen LogP contribution in [0.4, 0.5) is 0 Å². The van der Waals surface area contributed by atoms with Crippen molar-refractivity contribution in [3.63, 3.8) is 0 Å². The summed E-state index contributed by atoms with van der Waals surface area (Å²) in [5.74, 6) is 0.492. The van der Waals surface area contributed by atoms with Gasteiger partial charge in [-0.3, -0.25) is 0 Å². The van der Waals surface area contributed by atoms with Gasteiger partial charge in [0, 0.05) is 15.5 Å². The topological polar surface area (TPSA) is 0 Å². The molecule has 0 aromatic heterocycles. The molecule has 0 nitrogen and oxygen atoms in total. The van der Waals surface area contributed by atoms with Crippen molar-refractivity contribution in [2.75, 3.05) is 0 Å². The van der Waals surface area contributed by atoms with Crippen LogP contribution in [0, 0.1) is 5.92 Å². The molecule has 1 fully saturated rings. The summed E-state index contributed by atoms with van der Waals surface area (Å²) in [7, 11) is 0. The standard InChI is InChI=1S/C25H21Br/c1-18-24(25(18,2)21-13-15-22(26)16-14-21)17-23(19-9-5-3-6-10-19)20-11-7-4-8-12-20/h3-16,18H,1-2H3/t18-,25-/m1/s1. The number of halogens is 1. The van der Waals surface area contributed by atoms with Crippen LogP contribution in [0.25, 0.3) is 5.57 Å². The molecule has 0 heterocycles. The zero-order valence-corrected chi connectivity index (χ0v) is 16.6. The molecule has 2 atom stereocenters. The maximum absolute atomic E-state index is 3.80. The van der Waals surface area contributed by atoms with Crippen LogP contribution in [0.3, 0.4) is 0 Å². The van der Waals surface area contributed by atoms with Crippen molar-refractivity contribution >= 4 is 21.5 Å². The average Bonchev–Trinajstić information content (AvgIpc) is 3.22. The monoisotopic (exact) mass is 400 g/mol. The van der Waals surface area contributed by atoms with Crippen LogP contribution < -0.4 is 0 Å². The molecule has 1 aliphatic rings. The SMILES string of the molecule is C[C@@H]1C(=C=C(c2ccccc2)c2ccccc2)[C@@]1(C)c1ccc(Br)cc1. The maximum atomic E-state index is 3.80. The number of hydrogen-bond acceptors (Lipinski definition) is 0. The van der Waals surface area contributed by atoms with E-state index in [0.29, 0.717) is 5.92 Å². The third kappa shape index (κ3) is 2.98. The van der Waals surface area contributed by atoms with Gasteiger partial charge in [0.05, 0.1) is 0 Å². The molecule has 1 saturated carbocycles. The Hall–Kier alpha value is -2.34. The highest BCUT2D eigenvalue weighted by atomic mass is 79.9. The highest BCUT2D eigenvalue weighted by Crippen LogP contribution is 2.59. The summed E-state index contributed by atoms with van der Waals surface area (Å²) in [4.78, 5) is 0. The molecule has 0 bridgehead atoms. The molecule has 0 saturated heterocycles. The van der Waals surface area contributed by atoms with Crippen LogP contribution in [0.1, 0.15) is 30.5 Å². The Labute approximate surface area is 164 Å². The van der Waals surface area contributed by atoms with Gasteiger partial charge in [0.15, 0.2) is 0 Å². The molecule has 128 valence electrons. The van der Waals surface area contributed by atoms with Gasteiger partial charge >= 0.3 is 0 Å².